The lowest BCUT2D eigenvalue weighted by Gasteiger charge is -2.18. The molecular weight excluding hydrogens is 474 g/mol. The molecule has 1 N–H and O–H groups in total. The van der Waals surface area contributed by atoms with Crippen LogP contribution in [-0.2, 0) is 11.3 Å². The molecule has 0 saturated heterocycles. The first-order valence-corrected chi connectivity index (χ1v) is 13.0. The van der Waals surface area contributed by atoms with Gasteiger partial charge in [-0.15, -0.1) is 0 Å². The van der Waals surface area contributed by atoms with Crippen LogP contribution in [0.5, 0.6) is 17.4 Å². The van der Waals surface area contributed by atoms with Crippen LogP contribution < -0.4 is 9.47 Å². The second-order valence-electron chi connectivity index (χ2n) is 8.59. The van der Waals surface area contributed by atoms with Crippen molar-refractivity contribution in [2.45, 2.75) is 34.3 Å². The fourth-order valence-corrected chi connectivity index (χ4v) is 5.16. The molecule has 0 spiro atoms. The standard InChI is InChI=1S/C29H31NO5S/c1-5-33-13-14-34-25-15-19(2)29(20(3)16-25)26-8-6-7-23(21(26)4)18-35-24-11-9-22(10-12-24)27-17-28(31)30-36(27)32/h6-12,15-17H,5,13-14,18H2,1-4H3,(H,30,31). The van der Waals surface area contributed by atoms with E-state index in [4.69, 9.17) is 14.2 Å². The Morgan fingerprint density at radius 3 is 2.25 bits per heavy atom. The molecule has 4 aromatic rings. The van der Waals surface area contributed by atoms with Crippen LogP contribution in [0.15, 0.2) is 60.7 Å². The van der Waals surface area contributed by atoms with E-state index in [0.29, 0.717) is 37.1 Å². The molecule has 0 aliphatic rings. The van der Waals surface area contributed by atoms with Crippen molar-refractivity contribution < 1.29 is 23.9 Å². The topological polar surface area (TPSA) is 83.9 Å². The van der Waals surface area contributed by atoms with E-state index >= 15 is 0 Å². The second-order valence-corrected chi connectivity index (χ2v) is 9.71. The van der Waals surface area contributed by atoms with Gasteiger partial charge in [-0.05, 0) is 97.5 Å². The summed E-state index contributed by atoms with van der Waals surface area (Å²) in [7, 11) is -1.57. The Kier molecular flexibility index (Phi) is 8.25. The molecule has 0 bridgehead atoms. The third-order valence-corrected chi connectivity index (χ3v) is 7.16. The molecule has 0 radical (unpaired) electrons. The number of hydrogen-bond acceptors (Lipinski definition) is 6. The van der Waals surface area contributed by atoms with E-state index in [0.717, 1.165) is 28.0 Å². The van der Waals surface area contributed by atoms with E-state index in [1.54, 1.807) is 0 Å². The molecule has 6 nitrogen and oxygen atoms in total. The van der Waals surface area contributed by atoms with E-state index in [2.05, 4.69) is 55.5 Å². The average molecular weight is 506 g/mol. The third kappa shape index (κ3) is 5.87. The van der Waals surface area contributed by atoms with Gasteiger partial charge in [-0.25, -0.2) is 0 Å². The molecule has 0 amide bonds. The van der Waals surface area contributed by atoms with Crippen LogP contribution in [0.4, 0.5) is 0 Å². The number of aromatic nitrogens is 1. The number of aromatic hydroxyl groups is 1. The summed E-state index contributed by atoms with van der Waals surface area (Å²) in [4.78, 5) is 0.485. The van der Waals surface area contributed by atoms with Gasteiger partial charge in [0.05, 0.1) is 23.6 Å². The monoisotopic (exact) mass is 505 g/mol. The maximum atomic E-state index is 12.0. The van der Waals surface area contributed by atoms with E-state index in [9.17, 15) is 9.66 Å². The van der Waals surface area contributed by atoms with Crippen molar-refractivity contribution in [3.63, 3.8) is 0 Å². The van der Waals surface area contributed by atoms with Gasteiger partial charge in [0.2, 0.25) is 4.88 Å². The molecule has 4 rings (SSSR count). The minimum atomic E-state index is -1.57. The Hall–Kier alpha value is -3.39. The largest absolute Gasteiger partial charge is 0.568 e. The van der Waals surface area contributed by atoms with Gasteiger partial charge in [0.15, 0.2) is 0 Å². The molecule has 36 heavy (non-hydrogen) atoms. The molecule has 0 aliphatic heterocycles. The van der Waals surface area contributed by atoms with Crippen molar-refractivity contribution in [1.29, 1.82) is 0 Å². The number of rotatable bonds is 10. The first-order chi connectivity index (χ1) is 17.4. The summed E-state index contributed by atoms with van der Waals surface area (Å²) in [6.07, 6.45) is 0. The molecule has 1 aromatic heterocycles. The van der Waals surface area contributed by atoms with Crippen LogP contribution in [0.1, 0.15) is 29.2 Å². The van der Waals surface area contributed by atoms with Crippen LogP contribution in [0, 0.1) is 20.8 Å². The smallest absolute Gasteiger partial charge is 0.270 e. The van der Waals surface area contributed by atoms with Gasteiger partial charge in [0, 0.05) is 16.5 Å². The van der Waals surface area contributed by atoms with Crippen LogP contribution >= 0.6 is 10.9 Å². The van der Waals surface area contributed by atoms with Crippen LogP contribution in [-0.4, -0.2) is 33.9 Å². The fourth-order valence-electron chi connectivity index (χ4n) is 4.29. The molecule has 1 atom stereocenters. The first kappa shape index (κ1) is 25.7. The molecule has 1 heterocycles. The predicted molar refractivity (Wildman–Crippen MR) is 142 cm³/mol. The van der Waals surface area contributed by atoms with Crippen molar-refractivity contribution in [2.24, 2.45) is 0 Å². The van der Waals surface area contributed by atoms with Crippen molar-refractivity contribution in [1.82, 2.24) is 4.37 Å². The lowest BCUT2D eigenvalue weighted by Crippen LogP contribution is -2.07. The molecule has 7 heteroatoms. The summed E-state index contributed by atoms with van der Waals surface area (Å²) in [5.74, 6) is 1.35. The van der Waals surface area contributed by atoms with Gasteiger partial charge in [0.1, 0.15) is 24.7 Å². The number of ether oxygens (including phenoxy) is 3. The molecule has 0 fully saturated rings. The number of aryl methyl sites for hydroxylation is 2. The van der Waals surface area contributed by atoms with Gasteiger partial charge in [-0.2, -0.15) is 0 Å². The fraction of sp³-hybridized carbons (Fsp3) is 0.276. The predicted octanol–water partition coefficient (Wildman–Crippen LogP) is 6.77. The van der Waals surface area contributed by atoms with E-state index in [-0.39, 0.29) is 5.88 Å². The van der Waals surface area contributed by atoms with Gasteiger partial charge in [-0.1, -0.05) is 18.2 Å². The zero-order valence-corrected chi connectivity index (χ0v) is 21.9. The highest BCUT2D eigenvalue weighted by Crippen LogP contribution is 2.36. The van der Waals surface area contributed by atoms with Crippen molar-refractivity contribution in [2.75, 3.05) is 19.8 Å². The normalized spacial score (nSPS) is 11.5. The highest BCUT2D eigenvalue weighted by Gasteiger charge is 2.16. The zero-order valence-electron chi connectivity index (χ0n) is 21.0. The summed E-state index contributed by atoms with van der Waals surface area (Å²) in [6.45, 7) is 10.5. The lowest BCUT2D eigenvalue weighted by atomic mass is 9.90. The quantitative estimate of drug-likeness (QED) is 0.189. The Morgan fingerprint density at radius 1 is 0.889 bits per heavy atom. The highest BCUT2D eigenvalue weighted by atomic mass is 32.2. The minimum absolute atomic E-state index is 0.215. The van der Waals surface area contributed by atoms with Gasteiger partial charge >= 0.3 is 0 Å². The Balaban J connectivity index is 1.48. The first-order valence-electron chi connectivity index (χ1n) is 11.9. The lowest BCUT2D eigenvalue weighted by molar-refractivity contribution is 0.110. The van der Waals surface area contributed by atoms with Gasteiger partial charge in [-0.3, -0.25) is 0 Å². The molecule has 188 valence electrons. The van der Waals surface area contributed by atoms with Gasteiger partial charge in [0.25, 0.3) is 5.88 Å². The third-order valence-electron chi connectivity index (χ3n) is 6.08. The summed E-state index contributed by atoms with van der Waals surface area (Å²) in [5, 5.41) is 9.47. The summed E-state index contributed by atoms with van der Waals surface area (Å²) in [6, 6.07) is 19.2. The Morgan fingerprint density at radius 2 is 1.61 bits per heavy atom. The minimum Gasteiger partial charge on any atom is -0.568 e. The Bertz CT molecular complexity index is 1310. The SMILES string of the molecule is CCOCCOc1cc(C)c(-c2cccc(COc3ccc(-c4cc(O)n[s+]4[O-])cc3)c2C)c(C)c1. The van der Waals surface area contributed by atoms with Crippen molar-refractivity contribution in [3.05, 3.63) is 82.9 Å². The molecular formula is C29H31NO5S. The summed E-state index contributed by atoms with van der Waals surface area (Å²) < 4.78 is 32.9. The molecule has 3 aromatic carbocycles. The second kappa shape index (κ2) is 11.6. The summed E-state index contributed by atoms with van der Waals surface area (Å²) in [5.41, 5.74) is 7.72. The molecule has 0 saturated carbocycles. The zero-order chi connectivity index (χ0) is 25.7. The number of hydrogen-bond donors (Lipinski definition) is 1. The van der Waals surface area contributed by atoms with Crippen LogP contribution in [0.2, 0.25) is 0 Å². The van der Waals surface area contributed by atoms with E-state index in [1.807, 2.05) is 31.2 Å². The van der Waals surface area contributed by atoms with E-state index < -0.39 is 10.9 Å². The number of benzene rings is 3. The maximum Gasteiger partial charge on any atom is 0.270 e. The van der Waals surface area contributed by atoms with Crippen LogP contribution in [0.25, 0.3) is 21.6 Å². The van der Waals surface area contributed by atoms with Gasteiger partial charge < -0.3 is 23.9 Å². The van der Waals surface area contributed by atoms with E-state index in [1.165, 1.54) is 22.8 Å². The maximum absolute atomic E-state index is 12.0. The number of nitrogens with zero attached hydrogens (tertiary/aromatic N) is 1. The van der Waals surface area contributed by atoms with Crippen molar-refractivity contribution in [3.8, 4) is 38.9 Å². The summed E-state index contributed by atoms with van der Waals surface area (Å²) >= 11 is 0. The van der Waals surface area contributed by atoms with Crippen LogP contribution in [0.3, 0.4) is 0 Å². The highest BCUT2D eigenvalue weighted by molar-refractivity contribution is 7.23. The molecule has 1 unspecified atom stereocenters. The van der Waals surface area contributed by atoms with Crippen molar-refractivity contribution >= 4 is 10.9 Å². The average Bonchev–Trinajstić information content (AvgIpc) is 3.19. The molecule has 0 aliphatic carbocycles. The Labute approximate surface area is 215 Å².